The van der Waals surface area contributed by atoms with Gasteiger partial charge in [-0.15, -0.1) is 0 Å². The normalized spacial score (nSPS) is 18.9. The zero-order valence-corrected chi connectivity index (χ0v) is 19.2. The first-order chi connectivity index (χ1) is 14.8. The summed E-state index contributed by atoms with van der Waals surface area (Å²) in [6, 6.07) is 11.2. The van der Waals surface area contributed by atoms with E-state index in [2.05, 4.69) is 31.8 Å². The van der Waals surface area contributed by atoms with Crippen molar-refractivity contribution >= 4 is 11.6 Å². The van der Waals surface area contributed by atoms with Crippen LogP contribution in [0.1, 0.15) is 62.8 Å². The van der Waals surface area contributed by atoms with E-state index in [1.54, 1.807) is 18.3 Å². The highest BCUT2D eigenvalue weighted by molar-refractivity contribution is 6.30. The average Bonchev–Trinajstić information content (AvgIpc) is 2.75. The summed E-state index contributed by atoms with van der Waals surface area (Å²) >= 11 is 5.88. The fourth-order valence-electron chi connectivity index (χ4n) is 3.89. The van der Waals surface area contributed by atoms with E-state index in [4.69, 9.17) is 21.1 Å². The molecule has 0 amide bonds. The lowest BCUT2D eigenvalue weighted by Gasteiger charge is -2.35. The van der Waals surface area contributed by atoms with Gasteiger partial charge in [0, 0.05) is 25.1 Å². The lowest BCUT2D eigenvalue weighted by molar-refractivity contribution is -0.174. The Kier molecular flexibility index (Phi) is 8.05. The third kappa shape index (κ3) is 6.26. The minimum absolute atomic E-state index is 0.0493. The van der Waals surface area contributed by atoms with Crippen molar-refractivity contribution in [2.45, 2.75) is 58.7 Å². The molecule has 2 unspecified atom stereocenters. The van der Waals surface area contributed by atoms with Crippen LogP contribution in [0.3, 0.4) is 0 Å². The van der Waals surface area contributed by atoms with Crippen molar-refractivity contribution < 1.29 is 13.9 Å². The van der Waals surface area contributed by atoms with Crippen molar-refractivity contribution in [3.8, 4) is 6.07 Å². The molecule has 1 saturated heterocycles. The lowest BCUT2D eigenvalue weighted by atomic mass is 9.72. The third-order valence-corrected chi connectivity index (χ3v) is 6.14. The number of aromatic nitrogens is 1. The Hall–Kier alpha value is -2.00. The Morgan fingerprint density at radius 1 is 1.29 bits per heavy atom. The van der Waals surface area contributed by atoms with E-state index in [-0.39, 0.29) is 22.6 Å². The van der Waals surface area contributed by atoms with Crippen LogP contribution >= 0.6 is 11.6 Å². The van der Waals surface area contributed by atoms with Gasteiger partial charge in [0.1, 0.15) is 5.82 Å². The summed E-state index contributed by atoms with van der Waals surface area (Å²) in [5.41, 5.74) is 1.93. The Morgan fingerprint density at radius 3 is 2.71 bits per heavy atom. The number of ether oxygens (including phenoxy) is 2. The smallest absolute Gasteiger partial charge is 0.157 e. The number of nitriles is 1. The van der Waals surface area contributed by atoms with Gasteiger partial charge in [0.05, 0.1) is 29.3 Å². The minimum Gasteiger partial charge on any atom is -0.353 e. The number of pyridine rings is 1. The molecule has 1 fully saturated rings. The molecule has 0 spiro atoms. The van der Waals surface area contributed by atoms with Crippen molar-refractivity contribution in [1.82, 2.24) is 4.98 Å². The first kappa shape index (κ1) is 23.7. The maximum atomic E-state index is 14.2. The first-order valence-corrected chi connectivity index (χ1v) is 11.2. The molecule has 1 aromatic heterocycles. The van der Waals surface area contributed by atoms with Crippen LogP contribution in [-0.4, -0.2) is 24.5 Å². The fraction of sp³-hybridized carbons (Fsp3) is 0.520. The van der Waals surface area contributed by atoms with E-state index in [1.807, 2.05) is 12.1 Å². The average molecular weight is 445 g/mol. The molecule has 2 heterocycles. The van der Waals surface area contributed by atoms with Crippen LogP contribution in [0.4, 0.5) is 4.39 Å². The molecule has 4 nitrogen and oxygen atoms in total. The highest BCUT2D eigenvalue weighted by Gasteiger charge is 2.35. The Bertz CT molecular complexity index is 899. The number of rotatable bonds is 7. The number of halogens is 2. The molecule has 2 aromatic rings. The zero-order valence-electron chi connectivity index (χ0n) is 18.4. The molecule has 3 rings (SSSR count). The van der Waals surface area contributed by atoms with Gasteiger partial charge in [0.25, 0.3) is 0 Å². The standard InChI is InChI=1S/C25H30ClFN2O2/c1-25(2,3)20(16-31-23-9-4-5-12-30-23)19(14-28)22-11-10-17(15-29-22)13-18-7-6-8-21(26)24(18)27/h6-8,10-11,15,19-20,23H,4-5,9,12-13,16H2,1-3H3/t19?,20-,23?/m0/s1. The molecule has 0 bridgehead atoms. The lowest BCUT2D eigenvalue weighted by Crippen LogP contribution is -2.34. The zero-order chi connectivity index (χ0) is 22.4. The minimum atomic E-state index is -0.416. The molecule has 0 aliphatic carbocycles. The van der Waals surface area contributed by atoms with E-state index in [0.29, 0.717) is 24.3 Å². The van der Waals surface area contributed by atoms with E-state index in [9.17, 15) is 9.65 Å². The van der Waals surface area contributed by atoms with Crippen molar-refractivity contribution in [2.24, 2.45) is 11.3 Å². The summed E-state index contributed by atoms with van der Waals surface area (Å²) in [5, 5.41) is 10.1. The number of nitrogens with zero attached hydrogens (tertiary/aromatic N) is 2. The topological polar surface area (TPSA) is 55.1 Å². The van der Waals surface area contributed by atoms with Crippen molar-refractivity contribution in [2.75, 3.05) is 13.2 Å². The summed E-state index contributed by atoms with van der Waals surface area (Å²) in [7, 11) is 0. The molecular formula is C25H30ClFN2O2. The van der Waals surface area contributed by atoms with Crippen LogP contribution in [-0.2, 0) is 15.9 Å². The van der Waals surface area contributed by atoms with Gasteiger partial charge in [0.2, 0.25) is 0 Å². The second-order valence-corrected chi connectivity index (χ2v) is 9.60. The van der Waals surface area contributed by atoms with Gasteiger partial charge in [-0.05, 0) is 47.9 Å². The van der Waals surface area contributed by atoms with Crippen LogP contribution in [0.5, 0.6) is 0 Å². The van der Waals surface area contributed by atoms with Gasteiger partial charge in [-0.1, -0.05) is 50.6 Å². The molecule has 1 aliphatic heterocycles. The Balaban J connectivity index is 1.74. The number of benzene rings is 1. The van der Waals surface area contributed by atoms with Crippen molar-refractivity contribution in [3.05, 3.63) is 64.2 Å². The quantitative estimate of drug-likeness (QED) is 0.504. The van der Waals surface area contributed by atoms with Gasteiger partial charge < -0.3 is 9.47 Å². The Morgan fingerprint density at radius 2 is 2.10 bits per heavy atom. The fourth-order valence-corrected chi connectivity index (χ4v) is 4.09. The summed E-state index contributed by atoms with van der Waals surface area (Å²) < 4.78 is 25.9. The largest absolute Gasteiger partial charge is 0.353 e. The molecule has 31 heavy (non-hydrogen) atoms. The van der Waals surface area contributed by atoms with Gasteiger partial charge in [0.15, 0.2) is 6.29 Å². The predicted molar refractivity (Wildman–Crippen MR) is 119 cm³/mol. The highest BCUT2D eigenvalue weighted by atomic mass is 35.5. The van der Waals surface area contributed by atoms with Gasteiger partial charge in [-0.2, -0.15) is 5.26 Å². The molecule has 6 heteroatoms. The number of hydrogen-bond acceptors (Lipinski definition) is 4. The van der Waals surface area contributed by atoms with Crippen molar-refractivity contribution in [1.29, 1.82) is 5.26 Å². The molecule has 1 aromatic carbocycles. The first-order valence-electron chi connectivity index (χ1n) is 10.8. The summed E-state index contributed by atoms with van der Waals surface area (Å²) in [6.07, 6.45) is 4.97. The second-order valence-electron chi connectivity index (χ2n) is 9.19. The van der Waals surface area contributed by atoms with Crippen LogP contribution in [0.15, 0.2) is 36.5 Å². The van der Waals surface area contributed by atoms with Crippen molar-refractivity contribution in [3.63, 3.8) is 0 Å². The summed E-state index contributed by atoms with van der Waals surface area (Å²) in [5.74, 6) is -0.870. The molecule has 0 saturated carbocycles. The maximum Gasteiger partial charge on any atom is 0.157 e. The predicted octanol–water partition coefficient (Wildman–Crippen LogP) is 6.28. The van der Waals surface area contributed by atoms with Crippen LogP contribution in [0.25, 0.3) is 0 Å². The monoisotopic (exact) mass is 444 g/mol. The molecule has 166 valence electrons. The third-order valence-electron chi connectivity index (χ3n) is 5.85. The Labute approximate surface area is 189 Å². The van der Waals surface area contributed by atoms with E-state index in [1.165, 1.54) is 6.07 Å². The van der Waals surface area contributed by atoms with Crippen LogP contribution < -0.4 is 0 Å². The maximum absolute atomic E-state index is 14.2. The molecule has 0 radical (unpaired) electrons. The van der Waals surface area contributed by atoms with Crippen LogP contribution in [0.2, 0.25) is 5.02 Å². The van der Waals surface area contributed by atoms with E-state index < -0.39 is 11.7 Å². The second kappa shape index (κ2) is 10.5. The van der Waals surface area contributed by atoms with E-state index >= 15 is 0 Å². The molecule has 3 atom stereocenters. The highest BCUT2D eigenvalue weighted by Crippen LogP contribution is 2.38. The van der Waals surface area contributed by atoms with Gasteiger partial charge in [-0.3, -0.25) is 4.98 Å². The van der Waals surface area contributed by atoms with Gasteiger partial charge in [-0.25, -0.2) is 4.39 Å². The van der Waals surface area contributed by atoms with E-state index in [0.717, 1.165) is 31.4 Å². The summed E-state index contributed by atoms with van der Waals surface area (Å²) in [6.45, 7) is 7.50. The summed E-state index contributed by atoms with van der Waals surface area (Å²) in [4.78, 5) is 4.56. The number of hydrogen-bond donors (Lipinski definition) is 0. The molecule has 1 aliphatic rings. The SMILES string of the molecule is CC(C)(C)[C@@H](COC1CCCCO1)C(C#N)c1ccc(Cc2cccc(Cl)c2F)cn1. The van der Waals surface area contributed by atoms with Crippen LogP contribution in [0, 0.1) is 28.5 Å². The molecular weight excluding hydrogens is 415 g/mol. The van der Waals surface area contributed by atoms with Gasteiger partial charge >= 0.3 is 0 Å². The molecule has 0 N–H and O–H groups in total.